The summed E-state index contributed by atoms with van der Waals surface area (Å²) < 4.78 is 79.1. The Labute approximate surface area is 190 Å². The molecule has 1 unspecified atom stereocenters. The molecule has 2 aromatic carbocycles. The second-order valence-electron chi connectivity index (χ2n) is 6.85. The summed E-state index contributed by atoms with van der Waals surface area (Å²) in [4.78, 5) is 13.1. The van der Waals surface area contributed by atoms with Gasteiger partial charge >= 0.3 is 6.18 Å². The van der Waals surface area contributed by atoms with Gasteiger partial charge in [-0.25, -0.2) is 13.4 Å². The highest BCUT2D eigenvalue weighted by Crippen LogP contribution is 2.35. The van der Waals surface area contributed by atoms with E-state index in [4.69, 9.17) is 21.1 Å². The number of amides is 1. The minimum absolute atomic E-state index is 0.0503. The number of rotatable bonds is 5. The van der Waals surface area contributed by atoms with Crippen molar-refractivity contribution < 1.29 is 31.3 Å². The highest BCUT2D eigenvalue weighted by atomic mass is 35.5. The maximum atomic E-state index is 14.2. The Balaban J connectivity index is 2.08. The number of carbonyl (C=O) groups is 1. The van der Waals surface area contributed by atoms with Gasteiger partial charge in [0.15, 0.2) is 17.3 Å². The molecule has 3 aromatic rings. The van der Waals surface area contributed by atoms with E-state index < -0.39 is 56.1 Å². The zero-order valence-corrected chi connectivity index (χ0v) is 18.5. The summed E-state index contributed by atoms with van der Waals surface area (Å²) in [6, 6.07) is 8.77. The van der Waals surface area contributed by atoms with Gasteiger partial charge in [0.25, 0.3) is 11.8 Å². The van der Waals surface area contributed by atoms with Crippen molar-refractivity contribution in [3.8, 4) is 11.6 Å². The van der Waals surface area contributed by atoms with Crippen LogP contribution in [0.15, 0.2) is 47.4 Å². The molecule has 33 heavy (non-hydrogen) atoms. The van der Waals surface area contributed by atoms with E-state index >= 15 is 0 Å². The fourth-order valence-corrected chi connectivity index (χ4v) is 3.63. The molecule has 174 valence electrons. The van der Waals surface area contributed by atoms with E-state index in [0.29, 0.717) is 0 Å². The lowest BCUT2D eigenvalue weighted by atomic mass is 10.1. The van der Waals surface area contributed by atoms with Gasteiger partial charge in [0.2, 0.25) is 0 Å². The average Bonchev–Trinajstić information content (AvgIpc) is 2.68. The van der Waals surface area contributed by atoms with Gasteiger partial charge in [-0.3, -0.25) is 4.79 Å². The van der Waals surface area contributed by atoms with Gasteiger partial charge in [-0.2, -0.15) is 13.2 Å². The molecule has 0 saturated carbocycles. The van der Waals surface area contributed by atoms with Gasteiger partial charge in [0, 0.05) is 21.9 Å². The number of halogens is 5. The normalized spacial score (nSPS) is 13.3. The van der Waals surface area contributed by atoms with Crippen molar-refractivity contribution >= 4 is 32.9 Å². The molecule has 0 aliphatic carbocycles. The Morgan fingerprint density at radius 3 is 2.48 bits per heavy atom. The standard InChI is InChI=1S/C20H15ClF4N4O3S/c1-10-16(18(30)27-12-4-3-5-13(9-12)33(2,26)31)19(29-28-17(10)20(23,24)25)32-15-7-6-11(21)8-14(15)22/h3-9,26H,1-2H3,(H,27,30). The van der Waals surface area contributed by atoms with Crippen LogP contribution in [0.2, 0.25) is 5.02 Å². The molecule has 1 amide bonds. The predicted octanol–water partition coefficient (Wildman–Crippen LogP) is 5.68. The molecule has 7 nitrogen and oxygen atoms in total. The van der Waals surface area contributed by atoms with Gasteiger partial charge in [0.1, 0.15) is 5.56 Å². The number of hydrogen-bond donors (Lipinski definition) is 2. The lowest BCUT2D eigenvalue weighted by Crippen LogP contribution is -2.21. The molecule has 0 bridgehead atoms. The summed E-state index contributed by atoms with van der Waals surface area (Å²) in [5.41, 5.74) is -2.60. The molecular formula is C20H15ClF4N4O3S. The highest BCUT2D eigenvalue weighted by Gasteiger charge is 2.38. The molecule has 0 saturated heterocycles. The van der Waals surface area contributed by atoms with Gasteiger partial charge in [-0.05, 0) is 48.9 Å². The SMILES string of the molecule is Cc1c(C(F)(F)F)nnc(Oc2ccc(Cl)cc2F)c1C(=O)Nc1cccc(S(C)(=N)=O)c1. The fraction of sp³-hybridized carbons (Fsp3) is 0.150. The number of nitrogens with zero attached hydrogens (tertiary/aromatic N) is 2. The van der Waals surface area contributed by atoms with Crippen LogP contribution in [0, 0.1) is 17.5 Å². The topological polar surface area (TPSA) is 105 Å². The molecule has 0 spiro atoms. The number of benzene rings is 2. The van der Waals surface area contributed by atoms with E-state index in [1.807, 2.05) is 0 Å². The third kappa shape index (κ3) is 5.57. The van der Waals surface area contributed by atoms with Gasteiger partial charge in [-0.15, -0.1) is 10.2 Å². The summed E-state index contributed by atoms with van der Waals surface area (Å²) in [7, 11) is -3.12. The van der Waals surface area contributed by atoms with E-state index in [2.05, 4.69) is 15.5 Å². The number of aromatic nitrogens is 2. The van der Waals surface area contributed by atoms with Crippen LogP contribution in [-0.4, -0.2) is 26.6 Å². The first kappa shape index (κ1) is 24.4. The van der Waals surface area contributed by atoms with Gasteiger partial charge in [-0.1, -0.05) is 17.7 Å². The molecule has 0 radical (unpaired) electrons. The van der Waals surface area contributed by atoms with E-state index in [0.717, 1.165) is 19.1 Å². The molecule has 13 heteroatoms. The molecule has 0 aliphatic heterocycles. The van der Waals surface area contributed by atoms with Gasteiger partial charge < -0.3 is 10.1 Å². The van der Waals surface area contributed by atoms with Crippen LogP contribution < -0.4 is 10.1 Å². The molecule has 1 aromatic heterocycles. The zero-order valence-electron chi connectivity index (χ0n) is 17.0. The third-order valence-corrected chi connectivity index (χ3v) is 5.71. The Kier molecular flexibility index (Phi) is 6.61. The van der Waals surface area contributed by atoms with E-state index in [-0.39, 0.29) is 15.6 Å². The number of hydrogen-bond acceptors (Lipinski definition) is 6. The van der Waals surface area contributed by atoms with Crippen molar-refractivity contribution in [3.05, 3.63) is 70.1 Å². The molecule has 0 fully saturated rings. The van der Waals surface area contributed by atoms with E-state index in [9.17, 15) is 26.6 Å². The maximum absolute atomic E-state index is 14.2. The lowest BCUT2D eigenvalue weighted by Gasteiger charge is -2.16. The summed E-state index contributed by atoms with van der Waals surface area (Å²) in [6.07, 6.45) is -3.75. The quantitative estimate of drug-likeness (QED) is 0.437. The molecule has 0 aliphatic rings. The summed E-state index contributed by atoms with van der Waals surface area (Å²) in [5.74, 6) is -3.12. The second-order valence-corrected chi connectivity index (χ2v) is 9.45. The number of anilines is 1. The first-order chi connectivity index (χ1) is 15.3. The second kappa shape index (κ2) is 8.94. The fourth-order valence-electron chi connectivity index (χ4n) is 2.78. The van der Waals surface area contributed by atoms with Crippen LogP contribution in [0.3, 0.4) is 0 Å². The van der Waals surface area contributed by atoms with E-state index in [1.165, 1.54) is 36.6 Å². The van der Waals surface area contributed by atoms with Crippen molar-refractivity contribution in [1.29, 1.82) is 4.78 Å². The first-order valence-corrected chi connectivity index (χ1v) is 11.3. The largest absolute Gasteiger partial charge is 0.435 e. The Hall–Kier alpha value is -3.25. The predicted molar refractivity (Wildman–Crippen MR) is 113 cm³/mol. The molecular weight excluding hydrogens is 488 g/mol. The Morgan fingerprint density at radius 1 is 1.18 bits per heavy atom. The smallest absolute Gasteiger partial charge is 0.434 e. The molecule has 2 N–H and O–H groups in total. The lowest BCUT2D eigenvalue weighted by molar-refractivity contribution is -0.142. The van der Waals surface area contributed by atoms with Crippen LogP contribution >= 0.6 is 11.6 Å². The van der Waals surface area contributed by atoms with Crippen LogP contribution in [0.5, 0.6) is 11.6 Å². The molecule has 1 atom stereocenters. The number of alkyl halides is 3. The third-order valence-electron chi connectivity index (χ3n) is 4.32. The minimum atomic E-state index is -4.92. The number of nitrogens with one attached hydrogen (secondary N) is 2. The van der Waals surface area contributed by atoms with Gasteiger partial charge in [0.05, 0.1) is 9.73 Å². The van der Waals surface area contributed by atoms with Crippen molar-refractivity contribution in [2.45, 2.75) is 18.0 Å². The number of ether oxygens (including phenoxy) is 1. The monoisotopic (exact) mass is 502 g/mol. The van der Waals surface area contributed by atoms with Crippen molar-refractivity contribution in [2.24, 2.45) is 0 Å². The number of carbonyl (C=O) groups excluding carboxylic acids is 1. The maximum Gasteiger partial charge on any atom is 0.435 e. The van der Waals surface area contributed by atoms with E-state index in [1.54, 1.807) is 0 Å². The average molecular weight is 503 g/mol. The summed E-state index contributed by atoms with van der Waals surface area (Å²) in [6.45, 7) is 0.997. The summed E-state index contributed by atoms with van der Waals surface area (Å²) in [5, 5.41) is 8.87. The highest BCUT2D eigenvalue weighted by molar-refractivity contribution is 7.91. The Morgan fingerprint density at radius 2 is 1.88 bits per heavy atom. The van der Waals surface area contributed by atoms with Crippen LogP contribution in [-0.2, 0) is 15.9 Å². The summed E-state index contributed by atoms with van der Waals surface area (Å²) >= 11 is 5.69. The zero-order chi connectivity index (χ0) is 24.6. The van der Waals surface area contributed by atoms with Crippen molar-refractivity contribution in [3.63, 3.8) is 0 Å². The molecule has 3 rings (SSSR count). The van der Waals surface area contributed by atoms with Crippen molar-refractivity contribution in [1.82, 2.24) is 10.2 Å². The van der Waals surface area contributed by atoms with Crippen LogP contribution in [0.1, 0.15) is 21.6 Å². The van der Waals surface area contributed by atoms with Crippen LogP contribution in [0.25, 0.3) is 0 Å². The van der Waals surface area contributed by atoms with Crippen LogP contribution in [0.4, 0.5) is 23.2 Å². The molecule has 1 heterocycles. The first-order valence-electron chi connectivity index (χ1n) is 9.00. The minimum Gasteiger partial charge on any atom is -0.434 e. The van der Waals surface area contributed by atoms with Crippen molar-refractivity contribution in [2.75, 3.05) is 11.6 Å². The Bertz CT molecular complexity index is 1350.